The number of rotatable bonds is 8. The van der Waals surface area contributed by atoms with Gasteiger partial charge in [-0.15, -0.1) is 11.3 Å². The number of piperazine rings is 1. The second kappa shape index (κ2) is 11.0. The first-order valence-corrected chi connectivity index (χ1v) is 13.4. The molecule has 1 fully saturated rings. The minimum Gasteiger partial charge on any atom is -0.497 e. The van der Waals surface area contributed by atoms with Crippen LogP contribution in [0.2, 0.25) is 0 Å². The highest BCUT2D eigenvalue weighted by Gasteiger charge is 2.18. The average molecular weight is 554 g/mol. The van der Waals surface area contributed by atoms with E-state index in [1.807, 2.05) is 30.3 Å². The van der Waals surface area contributed by atoms with Crippen molar-refractivity contribution >= 4 is 37.4 Å². The molecule has 1 aromatic heterocycles. The van der Waals surface area contributed by atoms with E-state index in [1.165, 1.54) is 0 Å². The largest absolute Gasteiger partial charge is 0.497 e. The lowest BCUT2D eigenvalue weighted by Crippen LogP contribution is -2.49. The maximum Gasteiger partial charge on any atom is 0.153 e. The number of nitrogens with one attached hydrogen (secondary N) is 1. The third kappa shape index (κ3) is 5.64. The Morgan fingerprint density at radius 2 is 1.63 bits per heavy atom. The second-order valence-corrected chi connectivity index (χ2v) is 10.6. The molecule has 4 aromatic rings. The lowest BCUT2D eigenvalue weighted by Gasteiger charge is -2.32. The quantitative estimate of drug-likeness (QED) is 0.260. The van der Waals surface area contributed by atoms with Crippen LogP contribution >= 0.6 is 27.3 Å². The first kappa shape index (κ1) is 24.1. The zero-order valence-corrected chi connectivity index (χ0v) is 22.3. The van der Waals surface area contributed by atoms with Gasteiger partial charge in [0.05, 0.1) is 12.0 Å². The van der Waals surface area contributed by atoms with Crippen molar-refractivity contribution in [3.05, 3.63) is 71.2 Å². The van der Waals surface area contributed by atoms with Crippen LogP contribution in [0.15, 0.2) is 71.2 Å². The van der Waals surface area contributed by atoms with Crippen LogP contribution in [0.25, 0.3) is 20.5 Å². The van der Waals surface area contributed by atoms with Crippen LogP contribution in [-0.4, -0.2) is 50.8 Å². The van der Waals surface area contributed by atoms with E-state index < -0.39 is 0 Å². The Balaban J connectivity index is 1.35. The summed E-state index contributed by atoms with van der Waals surface area (Å²) in [5, 5.41) is 4.47. The van der Waals surface area contributed by atoms with Gasteiger partial charge in [0, 0.05) is 46.8 Å². The fourth-order valence-electron chi connectivity index (χ4n) is 4.24. The number of fused-ring (bicyclic) bond motifs is 1. The Bertz CT molecular complexity index is 1270. The highest BCUT2D eigenvalue weighted by atomic mass is 79.9. The number of benzene rings is 3. The second-order valence-electron chi connectivity index (χ2n) is 8.65. The molecule has 0 bridgehead atoms. The van der Waals surface area contributed by atoms with Crippen LogP contribution in [0.1, 0.15) is 6.92 Å². The first-order valence-electron chi connectivity index (χ1n) is 11.8. The zero-order valence-electron chi connectivity index (χ0n) is 19.9. The molecule has 182 valence electrons. The van der Waals surface area contributed by atoms with Gasteiger partial charge in [0.2, 0.25) is 0 Å². The van der Waals surface area contributed by atoms with Gasteiger partial charge in [0.25, 0.3) is 0 Å². The van der Waals surface area contributed by atoms with Gasteiger partial charge >= 0.3 is 0 Å². The SMILES string of the molecule is COc1ccc2c(Oc3ccc(OCC(C)N4CCNCC4)cc3)c(-c3ccc(Br)cc3)sc2c1. The lowest BCUT2D eigenvalue weighted by molar-refractivity contribution is 0.132. The number of hydrogen-bond donors (Lipinski definition) is 1. The molecule has 0 radical (unpaired) electrons. The van der Waals surface area contributed by atoms with E-state index in [2.05, 4.69) is 69.5 Å². The molecule has 1 saturated heterocycles. The van der Waals surface area contributed by atoms with E-state index in [0.29, 0.717) is 12.6 Å². The third-order valence-corrected chi connectivity index (χ3v) is 7.98. The number of hydrogen-bond acceptors (Lipinski definition) is 6. The van der Waals surface area contributed by atoms with Crippen molar-refractivity contribution in [2.45, 2.75) is 13.0 Å². The highest BCUT2D eigenvalue weighted by molar-refractivity contribution is 9.10. The van der Waals surface area contributed by atoms with Crippen molar-refractivity contribution in [2.75, 3.05) is 39.9 Å². The van der Waals surface area contributed by atoms with Crippen LogP contribution in [0.3, 0.4) is 0 Å². The molecule has 0 aliphatic carbocycles. The summed E-state index contributed by atoms with van der Waals surface area (Å²) >= 11 is 5.24. The van der Waals surface area contributed by atoms with Crippen molar-refractivity contribution in [1.29, 1.82) is 0 Å². The normalized spacial score (nSPS) is 15.2. The van der Waals surface area contributed by atoms with Gasteiger partial charge in [-0.3, -0.25) is 4.90 Å². The van der Waals surface area contributed by atoms with Gasteiger partial charge in [0.1, 0.15) is 23.9 Å². The zero-order chi connectivity index (χ0) is 24.2. The molecular formula is C28H29BrN2O3S. The standard InChI is InChI=1S/C28H29BrN2O3S/c1-19(31-15-13-30-14-16-31)18-33-22-7-9-23(10-8-22)34-27-25-12-11-24(32-2)17-26(25)35-28(27)20-3-5-21(29)6-4-20/h3-12,17,19,30H,13-16,18H2,1-2H3. The average Bonchev–Trinajstić information content (AvgIpc) is 3.26. The van der Waals surface area contributed by atoms with Gasteiger partial charge < -0.3 is 19.5 Å². The summed E-state index contributed by atoms with van der Waals surface area (Å²) < 4.78 is 20.2. The summed E-state index contributed by atoms with van der Waals surface area (Å²) in [5.74, 6) is 3.33. The number of methoxy groups -OCH3 is 1. The Hall–Kier alpha value is -2.58. The van der Waals surface area contributed by atoms with Gasteiger partial charge in [0.15, 0.2) is 5.75 Å². The minimum atomic E-state index is 0.385. The maximum atomic E-state index is 6.48. The third-order valence-electron chi connectivity index (χ3n) is 6.27. The number of halogens is 1. The van der Waals surface area contributed by atoms with Crippen molar-refractivity contribution in [2.24, 2.45) is 0 Å². The van der Waals surface area contributed by atoms with Gasteiger partial charge in [-0.05, 0) is 67.1 Å². The van der Waals surface area contributed by atoms with E-state index in [1.54, 1.807) is 18.4 Å². The monoisotopic (exact) mass is 552 g/mol. The van der Waals surface area contributed by atoms with Crippen LogP contribution in [0.4, 0.5) is 0 Å². The molecule has 3 aromatic carbocycles. The highest BCUT2D eigenvalue weighted by Crippen LogP contribution is 2.47. The molecule has 0 spiro atoms. The Labute approximate surface area is 218 Å². The summed E-state index contributed by atoms with van der Waals surface area (Å²) in [7, 11) is 1.69. The molecule has 1 atom stereocenters. The summed E-state index contributed by atoms with van der Waals surface area (Å²) in [6.07, 6.45) is 0. The molecule has 7 heteroatoms. The van der Waals surface area contributed by atoms with Gasteiger partial charge in [-0.25, -0.2) is 0 Å². The summed E-state index contributed by atoms with van der Waals surface area (Å²) in [5.41, 5.74) is 1.12. The first-order chi connectivity index (χ1) is 17.1. The summed E-state index contributed by atoms with van der Waals surface area (Å²) in [4.78, 5) is 3.56. The molecule has 1 N–H and O–H groups in total. The van der Waals surface area contributed by atoms with Crippen molar-refractivity contribution in [3.63, 3.8) is 0 Å². The smallest absolute Gasteiger partial charge is 0.153 e. The van der Waals surface area contributed by atoms with E-state index in [4.69, 9.17) is 14.2 Å². The number of thiophene rings is 1. The molecule has 2 heterocycles. The van der Waals surface area contributed by atoms with Crippen molar-refractivity contribution < 1.29 is 14.2 Å². The number of nitrogens with zero attached hydrogens (tertiary/aromatic N) is 1. The molecular weight excluding hydrogens is 524 g/mol. The summed E-state index contributed by atoms with van der Waals surface area (Å²) in [6.45, 7) is 7.12. The molecule has 5 rings (SSSR count). The summed E-state index contributed by atoms with van der Waals surface area (Å²) in [6, 6.07) is 22.7. The van der Waals surface area contributed by atoms with Crippen LogP contribution in [0, 0.1) is 0 Å². The van der Waals surface area contributed by atoms with Crippen molar-refractivity contribution in [1.82, 2.24) is 10.2 Å². The molecule has 5 nitrogen and oxygen atoms in total. The molecule has 0 saturated carbocycles. The molecule has 1 aliphatic heterocycles. The van der Waals surface area contributed by atoms with Gasteiger partial charge in [-0.2, -0.15) is 0 Å². The minimum absolute atomic E-state index is 0.385. The van der Waals surface area contributed by atoms with Crippen LogP contribution < -0.4 is 19.5 Å². The van der Waals surface area contributed by atoms with Gasteiger partial charge in [-0.1, -0.05) is 28.1 Å². The van der Waals surface area contributed by atoms with E-state index in [-0.39, 0.29) is 0 Å². The lowest BCUT2D eigenvalue weighted by atomic mass is 10.1. The molecule has 1 unspecified atom stereocenters. The molecule has 35 heavy (non-hydrogen) atoms. The fraction of sp³-hybridized carbons (Fsp3) is 0.286. The Morgan fingerprint density at radius 1 is 0.943 bits per heavy atom. The maximum absolute atomic E-state index is 6.48. The van der Waals surface area contributed by atoms with E-state index in [9.17, 15) is 0 Å². The van der Waals surface area contributed by atoms with Crippen molar-refractivity contribution in [3.8, 4) is 33.4 Å². The van der Waals surface area contributed by atoms with Crippen LogP contribution in [-0.2, 0) is 0 Å². The fourth-order valence-corrected chi connectivity index (χ4v) is 5.67. The molecule has 0 amide bonds. The Morgan fingerprint density at radius 3 is 2.34 bits per heavy atom. The predicted molar refractivity (Wildman–Crippen MR) is 147 cm³/mol. The number of ether oxygens (including phenoxy) is 3. The Kier molecular flexibility index (Phi) is 7.58. The molecule has 1 aliphatic rings. The van der Waals surface area contributed by atoms with E-state index >= 15 is 0 Å². The van der Waals surface area contributed by atoms with Crippen LogP contribution in [0.5, 0.6) is 23.0 Å². The predicted octanol–water partition coefficient (Wildman–Crippen LogP) is 6.80. The van der Waals surface area contributed by atoms with E-state index in [0.717, 1.165) is 74.2 Å². The topological polar surface area (TPSA) is 43.0 Å².